The van der Waals surface area contributed by atoms with Crippen molar-refractivity contribution in [2.24, 2.45) is 0 Å². The van der Waals surface area contributed by atoms with Crippen LogP contribution in [0.2, 0.25) is 25.7 Å². The number of carbonyl (C=O) groups is 1. The summed E-state index contributed by atoms with van der Waals surface area (Å²) in [5.74, 6) is 0. The number of benzene rings is 1. The van der Waals surface area contributed by atoms with Crippen LogP contribution in [0.15, 0.2) is 24.3 Å². The minimum Gasteiger partial charge on any atom is -0.444 e. The Morgan fingerprint density at radius 1 is 1.24 bits per heavy atom. The second-order valence-corrected chi connectivity index (χ2v) is 14.8. The summed E-state index contributed by atoms with van der Waals surface area (Å²) in [5, 5.41) is 13.8. The normalized spacial score (nSPS) is 13.0. The van der Waals surface area contributed by atoms with Crippen LogP contribution >= 0.6 is 0 Å². The number of alkyl carbamates (subject to hydrolysis) is 1. The third-order valence-electron chi connectivity index (χ3n) is 3.81. The maximum atomic E-state index is 12.2. The molecular formula is C20H34N2O6Si. The lowest BCUT2D eigenvalue weighted by molar-refractivity contribution is -0.384. The Kier molecular flexibility index (Phi) is 9.74. The highest BCUT2D eigenvalue weighted by Crippen LogP contribution is 2.15. The molecular weight excluding hydrogens is 392 g/mol. The van der Waals surface area contributed by atoms with Gasteiger partial charge in [0.1, 0.15) is 12.4 Å². The van der Waals surface area contributed by atoms with E-state index in [1.165, 1.54) is 12.1 Å². The molecule has 0 unspecified atom stereocenters. The molecule has 164 valence electrons. The first-order valence-corrected chi connectivity index (χ1v) is 13.4. The van der Waals surface area contributed by atoms with Crippen LogP contribution in [0.5, 0.6) is 0 Å². The molecule has 1 rings (SSSR count). The summed E-state index contributed by atoms with van der Waals surface area (Å²) < 4.78 is 16.4. The molecule has 29 heavy (non-hydrogen) atoms. The minimum atomic E-state index is -1.16. The average Bonchev–Trinajstić information content (AvgIpc) is 2.55. The van der Waals surface area contributed by atoms with Crippen molar-refractivity contribution in [3.8, 4) is 0 Å². The molecule has 1 atom stereocenters. The SMILES string of the molecule is CC(C)(C)OC(=O)N[C@H](COCOCC[Si](C)(C)C)Cc1cccc([N+](=O)[O-])c1. The zero-order valence-electron chi connectivity index (χ0n) is 18.3. The Labute approximate surface area is 174 Å². The molecule has 0 fully saturated rings. The van der Waals surface area contributed by atoms with E-state index in [9.17, 15) is 14.9 Å². The van der Waals surface area contributed by atoms with Crippen LogP contribution in [0.25, 0.3) is 0 Å². The minimum absolute atomic E-state index is 0.00844. The van der Waals surface area contributed by atoms with Gasteiger partial charge in [-0.2, -0.15) is 0 Å². The third-order valence-corrected chi connectivity index (χ3v) is 5.51. The standard InChI is InChI=1S/C20H34N2O6Si/c1-20(2,3)28-19(23)21-17(14-27-15-26-10-11-29(4,5)6)12-16-8-7-9-18(13-16)22(24)25/h7-9,13,17H,10-12,14-15H2,1-6H3,(H,21,23)/t17-/m0/s1. The summed E-state index contributed by atoms with van der Waals surface area (Å²) in [6.45, 7) is 13.2. The van der Waals surface area contributed by atoms with Gasteiger partial charge < -0.3 is 19.5 Å². The number of nitrogens with one attached hydrogen (secondary N) is 1. The van der Waals surface area contributed by atoms with Crippen LogP contribution in [-0.4, -0.2) is 50.7 Å². The van der Waals surface area contributed by atoms with Gasteiger partial charge >= 0.3 is 6.09 Å². The maximum Gasteiger partial charge on any atom is 0.407 e. The molecule has 0 saturated heterocycles. The zero-order valence-corrected chi connectivity index (χ0v) is 19.3. The lowest BCUT2D eigenvalue weighted by Gasteiger charge is -2.24. The molecule has 1 amide bonds. The van der Waals surface area contributed by atoms with Gasteiger partial charge in [0.05, 0.1) is 17.6 Å². The van der Waals surface area contributed by atoms with Gasteiger partial charge in [0, 0.05) is 26.8 Å². The van der Waals surface area contributed by atoms with E-state index < -0.39 is 30.7 Å². The first-order chi connectivity index (χ1) is 13.4. The summed E-state index contributed by atoms with van der Waals surface area (Å²) in [5.41, 5.74) is 0.110. The van der Waals surface area contributed by atoms with Crippen molar-refractivity contribution in [2.75, 3.05) is 20.0 Å². The van der Waals surface area contributed by atoms with Gasteiger partial charge in [0.15, 0.2) is 0 Å². The van der Waals surface area contributed by atoms with Gasteiger partial charge in [0.2, 0.25) is 0 Å². The van der Waals surface area contributed by atoms with Crippen molar-refractivity contribution in [3.63, 3.8) is 0 Å². The van der Waals surface area contributed by atoms with Crippen molar-refractivity contribution in [2.45, 2.75) is 64.5 Å². The van der Waals surface area contributed by atoms with Gasteiger partial charge in [0.25, 0.3) is 5.69 Å². The van der Waals surface area contributed by atoms with E-state index >= 15 is 0 Å². The highest BCUT2D eigenvalue weighted by atomic mass is 28.3. The number of nitrogens with zero attached hydrogens (tertiary/aromatic N) is 1. The molecule has 0 spiro atoms. The Morgan fingerprint density at radius 2 is 1.93 bits per heavy atom. The number of hydrogen-bond acceptors (Lipinski definition) is 6. The lowest BCUT2D eigenvalue weighted by atomic mass is 10.1. The van der Waals surface area contributed by atoms with Crippen LogP contribution < -0.4 is 5.32 Å². The molecule has 1 N–H and O–H groups in total. The van der Waals surface area contributed by atoms with Gasteiger partial charge in [-0.25, -0.2) is 4.79 Å². The number of hydrogen-bond donors (Lipinski definition) is 1. The van der Waals surface area contributed by atoms with E-state index in [0.717, 1.165) is 11.6 Å². The van der Waals surface area contributed by atoms with Gasteiger partial charge in [-0.3, -0.25) is 10.1 Å². The Hall–Kier alpha value is -1.97. The number of amides is 1. The number of ether oxygens (including phenoxy) is 3. The molecule has 0 aliphatic heterocycles. The summed E-state index contributed by atoms with van der Waals surface area (Å²) in [4.78, 5) is 22.7. The molecule has 0 radical (unpaired) electrons. The quantitative estimate of drug-likeness (QED) is 0.185. The first kappa shape index (κ1) is 25.1. The lowest BCUT2D eigenvalue weighted by Crippen LogP contribution is -2.42. The predicted octanol–water partition coefficient (Wildman–Crippen LogP) is 4.36. The van der Waals surface area contributed by atoms with Gasteiger partial charge in [-0.05, 0) is 38.8 Å². The molecule has 0 saturated carbocycles. The number of nitro groups is 1. The second-order valence-electron chi connectivity index (χ2n) is 9.18. The molecule has 9 heteroatoms. The number of non-ortho nitro benzene ring substituents is 1. The fourth-order valence-corrected chi connectivity index (χ4v) is 3.15. The van der Waals surface area contributed by atoms with Crippen LogP contribution in [0.4, 0.5) is 10.5 Å². The highest BCUT2D eigenvalue weighted by molar-refractivity contribution is 6.76. The molecule has 0 aromatic heterocycles. The van der Waals surface area contributed by atoms with Gasteiger partial charge in [-0.1, -0.05) is 31.8 Å². The average molecular weight is 427 g/mol. The van der Waals surface area contributed by atoms with E-state index in [2.05, 4.69) is 25.0 Å². The molecule has 0 aliphatic carbocycles. The van der Waals surface area contributed by atoms with Crippen LogP contribution in [0.3, 0.4) is 0 Å². The summed E-state index contributed by atoms with van der Waals surface area (Å²) in [7, 11) is -1.16. The molecule has 1 aromatic rings. The van der Waals surface area contributed by atoms with Crippen molar-refractivity contribution >= 4 is 19.9 Å². The monoisotopic (exact) mass is 426 g/mol. The first-order valence-electron chi connectivity index (χ1n) is 9.74. The van der Waals surface area contributed by atoms with E-state index in [1.54, 1.807) is 32.9 Å². The van der Waals surface area contributed by atoms with Crippen LogP contribution in [0.1, 0.15) is 26.3 Å². The summed E-state index contributed by atoms with van der Waals surface area (Å²) in [6.07, 6.45) is -0.188. The smallest absolute Gasteiger partial charge is 0.407 e. The number of nitro benzene ring substituents is 1. The van der Waals surface area contributed by atoms with Crippen LogP contribution in [0, 0.1) is 10.1 Å². The second kappa shape index (κ2) is 11.3. The molecule has 1 aromatic carbocycles. The fourth-order valence-electron chi connectivity index (χ4n) is 2.39. The maximum absolute atomic E-state index is 12.2. The molecule has 8 nitrogen and oxygen atoms in total. The van der Waals surface area contributed by atoms with Crippen molar-refractivity contribution < 1.29 is 23.9 Å². The van der Waals surface area contributed by atoms with Crippen molar-refractivity contribution in [3.05, 3.63) is 39.9 Å². The summed E-state index contributed by atoms with van der Waals surface area (Å²) in [6, 6.07) is 6.97. The van der Waals surface area contributed by atoms with Crippen molar-refractivity contribution in [1.29, 1.82) is 0 Å². The topological polar surface area (TPSA) is 99.9 Å². The largest absolute Gasteiger partial charge is 0.444 e. The Morgan fingerprint density at radius 3 is 2.52 bits per heavy atom. The van der Waals surface area contributed by atoms with E-state index in [0.29, 0.717) is 13.0 Å². The predicted molar refractivity (Wildman–Crippen MR) is 115 cm³/mol. The molecule has 0 heterocycles. The van der Waals surface area contributed by atoms with E-state index in [1.807, 2.05) is 0 Å². The number of rotatable bonds is 11. The number of carbonyl (C=O) groups excluding carboxylic acids is 1. The van der Waals surface area contributed by atoms with Crippen molar-refractivity contribution in [1.82, 2.24) is 5.32 Å². The molecule has 0 aliphatic rings. The van der Waals surface area contributed by atoms with E-state index in [-0.39, 0.29) is 19.1 Å². The highest BCUT2D eigenvalue weighted by Gasteiger charge is 2.21. The Bertz CT molecular complexity index is 670. The van der Waals surface area contributed by atoms with Crippen LogP contribution in [-0.2, 0) is 20.6 Å². The van der Waals surface area contributed by atoms with E-state index in [4.69, 9.17) is 14.2 Å². The summed E-state index contributed by atoms with van der Waals surface area (Å²) >= 11 is 0. The zero-order chi connectivity index (χ0) is 22.1. The fraction of sp³-hybridized carbons (Fsp3) is 0.650. The third kappa shape index (κ3) is 12.2. The Balaban J connectivity index is 2.65. The molecule has 0 bridgehead atoms. The van der Waals surface area contributed by atoms with Gasteiger partial charge in [-0.15, -0.1) is 0 Å².